The van der Waals surface area contributed by atoms with E-state index in [0.29, 0.717) is 6.61 Å². The van der Waals surface area contributed by atoms with Gasteiger partial charge in [0, 0.05) is 13.1 Å². The van der Waals surface area contributed by atoms with E-state index in [2.05, 4.69) is 11.8 Å². The third-order valence-corrected chi connectivity index (χ3v) is 3.48. The molecule has 0 spiro atoms. The number of rotatable bonds is 8. The molecule has 1 rings (SSSR count). The molecule has 0 aromatic heterocycles. The van der Waals surface area contributed by atoms with Gasteiger partial charge in [-0.1, -0.05) is 19.8 Å². The summed E-state index contributed by atoms with van der Waals surface area (Å²) in [6.45, 7) is 4.05. The van der Waals surface area contributed by atoms with Gasteiger partial charge in [0.25, 0.3) is 0 Å². The highest BCUT2D eigenvalue weighted by atomic mass is 16.5. The Bertz CT molecular complexity index is 239. The molecule has 1 heterocycles. The summed E-state index contributed by atoms with van der Waals surface area (Å²) in [5.41, 5.74) is 0. The fourth-order valence-corrected chi connectivity index (χ4v) is 2.43. The number of ether oxygens (including phenoxy) is 1. The second-order valence-corrected chi connectivity index (χ2v) is 4.83. The molecular weight excluding hydrogens is 234 g/mol. The molecule has 1 fully saturated rings. The van der Waals surface area contributed by atoms with E-state index in [4.69, 9.17) is 9.84 Å². The minimum Gasteiger partial charge on any atom is -0.480 e. The third-order valence-electron chi connectivity index (χ3n) is 3.48. The highest BCUT2D eigenvalue weighted by Gasteiger charge is 2.29. The molecule has 5 heteroatoms. The van der Waals surface area contributed by atoms with Crippen LogP contribution in [0.15, 0.2) is 0 Å². The molecule has 0 aromatic carbocycles. The van der Waals surface area contributed by atoms with Gasteiger partial charge in [0.2, 0.25) is 0 Å². The standard InChI is InChI=1S/C13H25NO4/c1-2-3-4-12(13(16)17)14-7-5-11(6-8-14)18-10-9-15/h11-12,15H,2-10H2,1H3,(H,16,17). The molecule has 0 radical (unpaired) electrons. The first-order chi connectivity index (χ1) is 8.69. The quantitative estimate of drug-likeness (QED) is 0.683. The maximum absolute atomic E-state index is 11.3. The minimum absolute atomic E-state index is 0.0501. The zero-order valence-corrected chi connectivity index (χ0v) is 11.2. The molecule has 1 atom stereocenters. The van der Waals surface area contributed by atoms with Crippen molar-refractivity contribution in [1.82, 2.24) is 4.90 Å². The molecule has 1 aliphatic rings. The lowest BCUT2D eigenvalue weighted by Crippen LogP contribution is -2.47. The molecule has 5 nitrogen and oxygen atoms in total. The van der Waals surface area contributed by atoms with Crippen molar-refractivity contribution in [2.45, 2.75) is 51.2 Å². The van der Waals surface area contributed by atoms with Crippen molar-refractivity contribution in [3.8, 4) is 0 Å². The van der Waals surface area contributed by atoms with Gasteiger partial charge in [0.1, 0.15) is 6.04 Å². The summed E-state index contributed by atoms with van der Waals surface area (Å²) in [4.78, 5) is 13.3. The van der Waals surface area contributed by atoms with Crippen LogP contribution in [0.25, 0.3) is 0 Å². The van der Waals surface area contributed by atoms with E-state index in [-0.39, 0.29) is 18.8 Å². The van der Waals surface area contributed by atoms with E-state index in [1.165, 1.54) is 0 Å². The van der Waals surface area contributed by atoms with E-state index >= 15 is 0 Å². The van der Waals surface area contributed by atoms with Crippen LogP contribution in [-0.2, 0) is 9.53 Å². The van der Waals surface area contributed by atoms with Crippen molar-refractivity contribution < 1.29 is 19.7 Å². The summed E-state index contributed by atoms with van der Waals surface area (Å²) in [6.07, 6.45) is 4.60. The van der Waals surface area contributed by atoms with Gasteiger partial charge in [-0.25, -0.2) is 0 Å². The summed E-state index contributed by atoms with van der Waals surface area (Å²) >= 11 is 0. The van der Waals surface area contributed by atoms with Gasteiger partial charge >= 0.3 is 5.97 Å². The Balaban J connectivity index is 2.36. The van der Waals surface area contributed by atoms with Crippen molar-refractivity contribution in [3.05, 3.63) is 0 Å². The lowest BCUT2D eigenvalue weighted by molar-refractivity contribution is -0.145. The Morgan fingerprint density at radius 2 is 2.11 bits per heavy atom. The summed E-state index contributed by atoms with van der Waals surface area (Å²) in [5.74, 6) is -0.710. The van der Waals surface area contributed by atoms with E-state index in [9.17, 15) is 9.90 Å². The number of nitrogens with zero attached hydrogens (tertiary/aromatic N) is 1. The second-order valence-electron chi connectivity index (χ2n) is 4.83. The highest BCUT2D eigenvalue weighted by Crippen LogP contribution is 2.18. The molecule has 18 heavy (non-hydrogen) atoms. The highest BCUT2D eigenvalue weighted by molar-refractivity contribution is 5.73. The Hall–Kier alpha value is -0.650. The zero-order chi connectivity index (χ0) is 13.4. The van der Waals surface area contributed by atoms with Crippen LogP contribution in [0.1, 0.15) is 39.0 Å². The Kier molecular flexibility index (Phi) is 7.23. The molecule has 106 valence electrons. The Morgan fingerprint density at radius 1 is 1.44 bits per heavy atom. The predicted octanol–water partition coefficient (Wildman–Crippen LogP) is 1.10. The average Bonchev–Trinajstić information content (AvgIpc) is 2.38. The van der Waals surface area contributed by atoms with Gasteiger partial charge in [0.05, 0.1) is 19.3 Å². The summed E-state index contributed by atoms with van der Waals surface area (Å²) < 4.78 is 5.48. The number of hydrogen-bond donors (Lipinski definition) is 2. The van der Waals surface area contributed by atoms with Gasteiger partial charge < -0.3 is 14.9 Å². The van der Waals surface area contributed by atoms with Gasteiger partial charge in [-0.3, -0.25) is 9.69 Å². The second kappa shape index (κ2) is 8.45. The van der Waals surface area contributed by atoms with Crippen LogP contribution < -0.4 is 0 Å². The van der Waals surface area contributed by atoms with Gasteiger partial charge in [-0.05, 0) is 19.3 Å². The van der Waals surface area contributed by atoms with Crippen LogP contribution in [0.5, 0.6) is 0 Å². The molecule has 0 saturated carbocycles. The molecule has 0 aliphatic carbocycles. The normalized spacial score (nSPS) is 19.9. The fraction of sp³-hybridized carbons (Fsp3) is 0.923. The number of carboxylic acid groups (broad SMARTS) is 1. The Morgan fingerprint density at radius 3 is 2.61 bits per heavy atom. The number of aliphatic hydroxyl groups is 1. The van der Waals surface area contributed by atoms with E-state index in [1.807, 2.05) is 0 Å². The van der Waals surface area contributed by atoms with Gasteiger partial charge in [-0.2, -0.15) is 0 Å². The average molecular weight is 259 g/mol. The number of aliphatic carboxylic acids is 1. The number of piperidine rings is 1. The number of likely N-dealkylation sites (tertiary alicyclic amines) is 1. The SMILES string of the molecule is CCCCC(C(=O)O)N1CCC(OCCO)CC1. The number of unbranched alkanes of at least 4 members (excludes halogenated alkanes) is 1. The van der Waals surface area contributed by atoms with Crippen molar-refractivity contribution in [1.29, 1.82) is 0 Å². The topological polar surface area (TPSA) is 70.0 Å². The first-order valence-electron chi connectivity index (χ1n) is 6.88. The lowest BCUT2D eigenvalue weighted by atomic mass is 10.0. The summed E-state index contributed by atoms with van der Waals surface area (Å²) in [6, 6.07) is -0.344. The van der Waals surface area contributed by atoms with Crippen molar-refractivity contribution >= 4 is 5.97 Å². The number of aliphatic hydroxyl groups excluding tert-OH is 1. The van der Waals surface area contributed by atoms with E-state index in [0.717, 1.165) is 45.2 Å². The monoisotopic (exact) mass is 259 g/mol. The summed E-state index contributed by atoms with van der Waals surface area (Å²) in [7, 11) is 0. The van der Waals surface area contributed by atoms with Crippen LogP contribution in [0.2, 0.25) is 0 Å². The largest absolute Gasteiger partial charge is 0.480 e. The van der Waals surface area contributed by atoms with Crippen molar-refractivity contribution in [2.24, 2.45) is 0 Å². The molecule has 1 saturated heterocycles. The Labute approximate surface area is 109 Å². The molecule has 1 aliphatic heterocycles. The van der Waals surface area contributed by atoms with Crippen LogP contribution in [0.3, 0.4) is 0 Å². The van der Waals surface area contributed by atoms with E-state index in [1.54, 1.807) is 0 Å². The molecule has 1 unspecified atom stereocenters. The third kappa shape index (κ3) is 4.92. The molecule has 0 bridgehead atoms. The van der Waals surface area contributed by atoms with Crippen LogP contribution in [0.4, 0.5) is 0 Å². The number of carbonyl (C=O) groups is 1. The van der Waals surface area contributed by atoms with Gasteiger partial charge in [-0.15, -0.1) is 0 Å². The van der Waals surface area contributed by atoms with Crippen LogP contribution >= 0.6 is 0 Å². The minimum atomic E-state index is -0.710. The maximum Gasteiger partial charge on any atom is 0.320 e. The van der Waals surface area contributed by atoms with Crippen molar-refractivity contribution in [2.75, 3.05) is 26.3 Å². The fourth-order valence-electron chi connectivity index (χ4n) is 2.43. The summed E-state index contributed by atoms with van der Waals surface area (Å²) in [5, 5.41) is 17.9. The first kappa shape index (κ1) is 15.4. The van der Waals surface area contributed by atoms with Crippen LogP contribution in [-0.4, -0.2) is 59.5 Å². The molecule has 2 N–H and O–H groups in total. The zero-order valence-electron chi connectivity index (χ0n) is 11.2. The van der Waals surface area contributed by atoms with Gasteiger partial charge in [0.15, 0.2) is 0 Å². The van der Waals surface area contributed by atoms with E-state index < -0.39 is 5.97 Å². The predicted molar refractivity (Wildman–Crippen MR) is 68.6 cm³/mol. The molecule has 0 aromatic rings. The van der Waals surface area contributed by atoms with Crippen molar-refractivity contribution in [3.63, 3.8) is 0 Å². The maximum atomic E-state index is 11.3. The number of hydrogen-bond acceptors (Lipinski definition) is 4. The first-order valence-corrected chi connectivity index (χ1v) is 6.88. The smallest absolute Gasteiger partial charge is 0.320 e. The van der Waals surface area contributed by atoms with Crippen LogP contribution in [0, 0.1) is 0 Å². The molecular formula is C13H25NO4. The lowest BCUT2D eigenvalue weighted by Gasteiger charge is -2.35. The molecule has 0 amide bonds. The number of carboxylic acids is 1.